The fourth-order valence-electron chi connectivity index (χ4n) is 1.24. The molecule has 15 heavy (non-hydrogen) atoms. The van der Waals surface area contributed by atoms with Crippen LogP contribution in [-0.2, 0) is 13.6 Å². The lowest BCUT2D eigenvalue weighted by Crippen LogP contribution is -2.41. The molecule has 0 aromatic carbocycles. The summed E-state index contributed by atoms with van der Waals surface area (Å²) in [6.45, 7) is 5.28. The van der Waals surface area contributed by atoms with Crippen molar-refractivity contribution in [2.24, 2.45) is 7.05 Å². The molecule has 0 bridgehead atoms. The average Bonchev–Trinajstić information content (AvgIpc) is 2.18. The molecule has 0 saturated heterocycles. The first kappa shape index (κ1) is 11.7. The maximum absolute atomic E-state index is 11.5. The molecule has 0 aliphatic carbocycles. The summed E-state index contributed by atoms with van der Waals surface area (Å²) in [5, 5.41) is 3.19. The number of nitrogens with zero attached hydrogens (tertiary/aromatic N) is 2. The molecule has 1 aromatic heterocycles. The maximum Gasteiger partial charge on any atom is 0.316 e. The van der Waals surface area contributed by atoms with Gasteiger partial charge in [0.1, 0.15) is 0 Å². The van der Waals surface area contributed by atoms with Crippen molar-refractivity contribution >= 4 is 0 Å². The molecule has 1 heterocycles. The molecule has 84 valence electrons. The lowest BCUT2D eigenvalue weighted by molar-refractivity contribution is 0.527. The van der Waals surface area contributed by atoms with Gasteiger partial charge < -0.3 is 14.5 Å². The molecule has 0 aliphatic heterocycles. The first-order valence-corrected chi connectivity index (χ1v) is 5.02. The van der Waals surface area contributed by atoms with E-state index in [-0.39, 0.29) is 0 Å². The minimum absolute atomic E-state index is 0.382. The highest BCUT2D eigenvalue weighted by Crippen LogP contribution is 1.80. The Kier molecular flexibility index (Phi) is 3.85. The van der Waals surface area contributed by atoms with Gasteiger partial charge in [-0.3, -0.25) is 9.59 Å². The zero-order valence-corrected chi connectivity index (χ0v) is 9.36. The predicted octanol–water partition coefficient (Wildman–Crippen LogP) is -0.455. The van der Waals surface area contributed by atoms with Crippen LogP contribution < -0.4 is 16.4 Å². The molecule has 5 heteroatoms. The van der Waals surface area contributed by atoms with Crippen LogP contribution >= 0.6 is 0 Å². The van der Waals surface area contributed by atoms with E-state index in [9.17, 15) is 9.59 Å². The van der Waals surface area contributed by atoms with E-state index in [1.54, 1.807) is 19.4 Å². The molecule has 1 rings (SSSR count). The second kappa shape index (κ2) is 4.93. The van der Waals surface area contributed by atoms with Crippen molar-refractivity contribution in [2.75, 3.05) is 6.54 Å². The van der Waals surface area contributed by atoms with E-state index in [2.05, 4.69) is 5.32 Å². The van der Waals surface area contributed by atoms with E-state index in [0.717, 1.165) is 0 Å². The third kappa shape index (κ3) is 3.06. The Hall–Kier alpha value is -1.36. The quantitative estimate of drug-likeness (QED) is 0.686. The van der Waals surface area contributed by atoms with Gasteiger partial charge in [-0.05, 0) is 0 Å². The third-order valence-electron chi connectivity index (χ3n) is 2.14. The molecule has 1 N–H and O–H groups in total. The van der Waals surface area contributed by atoms with Gasteiger partial charge in [-0.15, -0.1) is 0 Å². The van der Waals surface area contributed by atoms with Gasteiger partial charge in [0, 0.05) is 38.6 Å². The Morgan fingerprint density at radius 2 is 1.93 bits per heavy atom. The summed E-state index contributed by atoms with van der Waals surface area (Å²) in [6.07, 6.45) is 3.23. The molecule has 0 atom stereocenters. The molecule has 0 amide bonds. The minimum Gasteiger partial charge on any atom is -0.313 e. The molecule has 0 aliphatic rings. The summed E-state index contributed by atoms with van der Waals surface area (Å²) < 4.78 is 2.71. The van der Waals surface area contributed by atoms with Crippen LogP contribution in [0.1, 0.15) is 13.8 Å². The van der Waals surface area contributed by atoms with Crippen molar-refractivity contribution in [2.45, 2.75) is 26.4 Å². The molecule has 0 fully saturated rings. The fraction of sp³-hybridized carbons (Fsp3) is 0.600. The summed E-state index contributed by atoms with van der Waals surface area (Å²) >= 11 is 0. The van der Waals surface area contributed by atoms with E-state index >= 15 is 0 Å². The Morgan fingerprint density at radius 3 is 2.53 bits per heavy atom. The van der Waals surface area contributed by atoms with E-state index in [1.807, 2.05) is 13.8 Å². The highest BCUT2D eigenvalue weighted by atomic mass is 16.2. The van der Waals surface area contributed by atoms with Gasteiger partial charge in [0.05, 0.1) is 0 Å². The molecular formula is C10H17N3O2. The van der Waals surface area contributed by atoms with Crippen LogP contribution in [0, 0.1) is 0 Å². The monoisotopic (exact) mass is 211 g/mol. The van der Waals surface area contributed by atoms with Crippen LogP contribution in [0.15, 0.2) is 22.0 Å². The van der Waals surface area contributed by atoms with Crippen molar-refractivity contribution in [1.29, 1.82) is 0 Å². The predicted molar refractivity (Wildman–Crippen MR) is 59.1 cm³/mol. The van der Waals surface area contributed by atoms with E-state index < -0.39 is 11.1 Å². The molecule has 0 spiro atoms. The Bertz CT molecular complexity index is 431. The van der Waals surface area contributed by atoms with E-state index in [0.29, 0.717) is 19.1 Å². The van der Waals surface area contributed by atoms with Gasteiger partial charge in [-0.1, -0.05) is 13.8 Å². The maximum atomic E-state index is 11.5. The van der Waals surface area contributed by atoms with Crippen molar-refractivity contribution in [3.8, 4) is 0 Å². The first-order valence-electron chi connectivity index (χ1n) is 5.02. The zero-order valence-electron chi connectivity index (χ0n) is 9.36. The second-order valence-electron chi connectivity index (χ2n) is 3.82. The lowest BCUT2D eigenvalue weighted by atomic mass is 10.4. The first-order chi connectivity index (χ1) is 7.02. The Labute approximate surface area is 88.4 Å². The van der Waals surface area contributed by atoms with Crippen LogP contribution in [0.3, 0.4) is 0 Å². The summed E-state index contributed by atoms with van der Waals surface area (Å²) in [5.41, 5.74) is -0.951. The van der Waals surface area contributed by atoms with Gasteiger partial charge in [-0.25, -0.2) is 0 Å². The smallest absolute Gasteiger partial charge is 0.313 e. The summed E-state index contributed by atoms with van der Waals surface area (Å²) in [6, 6.07) is 0.382. The number of aryl methyl sites for hydroxylation is 1. The van der Waals surface area contributed by atoms with E-state index in [1.165, 1.54) is 9.13 Å². The average molecular weight is 211 g/mol. The molecule has 0 unspecified atom stereocenters. The largest absolute Gasteiger partial charge is 0.316 e. The lowest BCUT2D eigenvalue weighted by Gasteiger charge is -2.09. The van der Waals surface area contributed by atoms with Crippen molar-refractivity contribution in [3.63, 3.8) is 0 Å². The SMILES string of the molecule is CC(C)NCCn1ccn(C)c(=O)c1=O. The normalized spacial score (nSPS) is 10.9. The topological polar surface area (TPSA) is 56.0 Å². The van der Waals surface area contributed by atoms with Gasteiger partial charge in [-0.2, -0.15) is 0 Å². The number of nitrogens with one attached hydrogen (secondary N) is 1. The Balaban J connectivity index is 2.75. The summed E-state index contributed by atoms with van der Waals surface area (Å²) in [7, 11) is 1.57. The van der Waals surface area contributed by atoms with Crippen LogP contribution in [-0.4, -0.2) is 21.7 Å². The number of aromatic nitrogens is 2. The van der Waals surface area contributed by atoms with Crippen LogP contribution in [0.2, 0.25) is 0 Å². The van der Waals surface area contributed by atoms with E-state index in [4.69, 9.17) is 0 Å². The van der Waals surface area contributed by atoms with Gasteiger partial charge >= 0.3 is 11.1 Å². The molecule has 1 aromatic rings. The molecule has 0 radical (unpaired) electrons. The van der Waals surface area contributed by atoms with Crippen LogP contribution in [0.5, 0.6) is 0 Å². The number of hydrogen-bond acceptors (Lipinski definition) is 3. The molecule has 0 saturated carbocycles. The third-order valence-corrected chi connectivity index (χ3v) is 2.14. The van der Waals surface area contributed by atoms with Crippen molar-refractivity contribution in [3.05, 3.63) is 33.1 Å². The highest BCUT2D eigenvalue weighted by molar-refractivity contribution is 4.84. The summed E-state index contributed by atoms with van der Waals surface area (Å²) in [4.78, 5) is 22.8. The highest BCUT2D eigenvalue weighted by Gasteiger charge is 2.01. The van der Waals surface area contributed by atoms with Gasteiger partial charge in [0.25, 0.3) is 0 Å². The molecule has 5 nitrogen and oxygen atoms in total. The molecular weight excluding hydrogens is 194 g/mol. The standard InChI is InChI=1S/C10H17N3O2/c1-8(2)11-4-5-13-7-6-12(3)9(14)10(13)15/h6-8,11H,4-5H2,1-3H3. The summed E-state index contributed by atoms with van der Waals surface area (Å²) in [5.74, 6) is 0. The fourth-order valence-corrected chi connectivity index (χ4v) is 1.24. The van der Waals surface area contributed by atoms with Crippen LogP contribution in [0.4, 0.5) is 0 Å². The van der Waals surface area contributed by atoms with Gasteiger partial charge in [0.15, 0.2) is 0 Å². The second-order valence-corrected chi connectivity index (χ2v) is 3.82. The zero-order chi connectivity index (χ0) is 11.4. The number of hydrogen-bond donors (Lipinski definition) is 1. The van der Waals surface area contributed by atoms with Crippen molar-refractivity contribution in [1.82, 2.24) is 14.5 Å². The van der Waals surface area contributed by atoms with Gasteiger partial charge in [0.2, 0.25) is 0 Å². The number of rotatable bonds is 4. The Morgan fingerprint density at radius 1 is 1.27 bits per heavy atom. The minimum atomic E-state index is -0.484. The van der Waals surface area contributed by atoms with Crippen LogP contribution in [0.25, 0.3) is 0 Å². The van der Waals surface area contributed by atoms with Crippen molar-refractivity contribution < 1.29 is 0 Å².